The molecule has 0 atom stereocenters. The third-order valence-electron chi connectivity index (χ3n) is 2.95. The monoisotopic (exact) mass is 369 g/mol. The van der Waals surface area contributed by atoms with E-state index in [9.17, 15) is 4.79 Å². The Hall–Kier alpha value is -1.53. The molecule has 1 aromatic carbocycles. The van der Waals surface area contributed by atoms with E-state index in [2.05, 4.69) is 21.2 Å². The Morgan fingerprint density at radius 3 is 2.62 bits per heavy atom. The van der Waals surface area contributed by atoms with Crippen LogP contribution in [0.2, 0.25) is 0 Å². The van der Waals surface area contributed by atoms with Gasteiger partial charge in [-0.05, 0) is 45.1 Å². The quantitative estimate of drug-likeness (QED) is 0.848. The average molecular weight is 370 g/mol. The summed E-state index contributed by atoms with van der Waals surface area (Å²) >= 11 is 5.06. The van der Waals surface area contributed by atoms with Gasteiger partial charge in [0.2, 0.25) is 5.91 Å². The summed E-state index contributed by atoms with van der Waals surface area (Å²) in [5, 5.41) is 4.90. The van der Waals surface area contributed by atoms with E-state index in [4.69, 9.17) is 9.47 Å². The summed E-state index contributed by atoms with van der Waals surface area (Å²) in [4.78, 5) is 13.1. The van der Waals surface area contributed by atoms with Gasteiger partial charge in [0.05, 0.1) is 27.2 Å². The van der Waals surface area contributed by atoms with Gasteiger partial charge in [0, 0.05) is 9.35 Å². The highest BCUT2D eigenvalue weighted by atomic mass is 79.9. The molecule has 0 unspecified atom stereocenters. The molecule has 1 amide bonds. The molecule has 0 saturated heterocycles. The molecule has 2 rings (SSSR count). The maximum Gasteiger partial charge on any atom is 0.224 e. The zero-order valence-corrected chi connectivity index (χ0v) is 14.2. The Labute approximate surface area is 136 Å². The standard InChI is InChI=1S/C15H16BrNO3S/c1-19-12-4-3-10(7-13(12)20-2)8-15(18)17-9-14-11(16)5-6-21-14/h3-7H,8-9H2,1-2H3,(H,17,18). The van der Waals surface area contributed by atoms with Crippen molar-refractivity contribution in [2.75, 3.05) is 14.2 Å². The molecule has 1 N–H and O–H groups in total. The van der Waals surface area contributed by atoms with Crippen LogP contribution < -0.4 is 14.8 Å². The molecule has 0 saturated carbocycles. The second kappa shape index (κ2) is 7.47. The normalized spacial score (nSPS) is 10.2. The van der Waals surface area contributed by atoms with E-state index in [1.54, 1.807) is 31.6 Å². The Balaban J connectivity index is 1.95. The Morgan fingerprint density at radius 2 is 2.00 bits per heavy atom. The lowest BCUT2D eigenvalue weighted by Gasteiger charge is -2.09. The van der Waals surface area contributed by atoms with E-state index in [-0.39, 0.29) is 5.91 Å². The number of rotatable bonds is 6. The summed E-state index contributed by atoms with van der Waals surface area (Å²) in [5.41, 5.74) is 0.885. The van der Waals surface area contributed by atoms with Crippen molar-refractivity contribution < 1.29 is 14.3 Å². The van der Waals surface area contributed by atoms with Crippen LogP contribution in [-0.4, -0.2) is 20.1 Å². The molecule has 112 valence electrons. The summed E-state index contributed by atoms with van der Waals surface area (Å²) in [7, 11) is 3.17. The van der Waals surface area contributed by atoms with Crippen molar-refractivity contribution in [3.63, 3.8) is 0 Å². The first-order valence-electron chi connectivity index (χ1n) is 6.33. The molecule has 0 aliphatic heterocycles. The minimum Gasteiger partial charge on any atom is -0.493 e. The number of hydrogen-bond acceptors (Lipinski definition) is 4. The molecule has 4 nitrogen and oxygen atoms in total. The molecule has 0 aliphatic carbocycles. The molecule has 0 fully saturated rings. The number of carbonyl (C=O) groups excluding carboxylic acids is 1. The van der Waals surface area contributed by atoms with E-state index < -0.39 is 0 Å². The summed E-state index contributed by atoms with van der Waals surface area (Å²) in [6.45, 7) is 0.532. The summed E-state index contributed by atoms with van der Waals surface area (Å²) in [5.74, 6) is 1.26. The van der Waals surface area contributed by atoms with Crippen LogP contribution in [0.25, 0.3) is 0 Å². The van der Waals surface area contributed by atoms with Crippen LogP contribution in [0, 0.1) is 0 Å². The lowest BCUT2D eigenvalue weighted by Crippen LogP contribution is -2.24. The number of hydrogen-bond donors (Lipinski definition) is 1. The number of halogens is 1. The summed E-state index contributed by atoms with van der Waals surface area (Å²) < 4.78 is 11.4. The smallest absolute Gasteiger partial charge is 0.224 e. The number of benzene rings is 1. The van der Waals surface area contributed by atoms with Crippen molar-refractivity contribution in [2.45, 2.75) is 13.0 Å². The number of methoxy groups -OCH3 is 2. The molecular weight excluding hydrogens is 354 g/mol. The fourth-order valence-corrected chi connectivity index (χ4v) is 3.30. The van der Waals surface area contributed by atoms with Gasteiger partial charge in [-0.2, -0.15) is 0 Å². The number of carbonyl (C=O) groups is 1. The predicted molar refractivity (Wildman–Crippen MR) is 87.1 cm³/mol. The number of ether oxygens (including phenoxy) is 2. The van der Waals surface area contributed by atoms with E-state index in [1.165, 1.54) is 0 Å². The zero-order chi connectivity index (χ0) is 15.2. The van der Waals surface area contributed by atoms with Crippen molar-refractivity contribution in [1.82, 2.24) is 5.32 Å². The van der Waals surface area contributed by atoms with Crippen molar-refractivity contribution in [3.8, 4) is 11.5 Å². The molecule has 2 aromatic rings. The highest BCUT2D eigenvalue weighted by molar-refractivity contribution is 9.10. The van der Waals surface area contributed by atoms with Crippen LogP contribution in [0.5, 0.6) is 11.5 Å². The maximum absolute atomic E-state index is 12.0. The van der Waals surface area contributed by atoms with Gasteiger partial charge in [-0.15, -0.1) is 11.3 Å². The second-order valence-electron chi connectivity index (χ2n) is 4.33. The molecule has 0 spiro atoms. The molecular formula is C15H16BrNO3S. The van der Waals surface area contributed by atoms with Gasteiger partial charge in [0.25, 0.3) is 0 Å². The van der Waals surface area contributed by atoms with Crippen LogP contribution in [0.4, 0.5) is 0 Å². The molecule has 1 aromatic heterocycles. The van der Waals surface area contributed by atoms with Gasteiger partial charge in [-0.1, -0.05) is 6.07 Å². The Kier molecular flexibility index (Phi) is 5.64. The zero-order valence-electron chi connectivity index (χ0n) is 11.8. The predicted octanol–water partition coefficient (Wildman–Crippen LogP) is 3.39. The van der Waals surface area contributed by atoms with Crippen LogP contribution >= 0.6 is 27.3 Å². The third kappa shape index (κ3) is 4.22. The van der Waals surface area contributed by atoms with E-state index in [0.717, 1.165) is 14.9 Å². The van der Waals surface area contributed by atoms with Crippen LogP contribution in [-0.2, 0) is 17.8 Å². The Morgan fingerprint density at radius 1 is 1.24 bits per heavy atom. The van der Waals surface area contributed by atoms with Gasteiger partial charge in [0.15, 0.2) is 11.5 Å². The topological polar surface area (TPSA) is 47.6 Å². The third-order valence-corrected chi connectivity index (χ3v) is 4.88. The fraction of sp³-hybridized carbons (Fsp3) is 0.267. The molecule has 0 radical (unpaired) electrons. The highest BCUT2D eigenvalue weighted by Gasteiger charge is 2.09. The first-order chi connectivity index (χ1) is 10.1. The molecule has 1 heterocycles. The minimum absolute atomic E-state index is 0.0254. The van der Waals surface area contributed by atoms with Crippen molar-refractivity contribution in [3.05, 3.63) is 44.6 Å². The molecule has 21 heavy (non-hydrogen) atoms. The van der Waals surface area contributed by atoms with Crippen molar-refractivity contribution in [2.24, 2.45) is 0 Å². The summed E-state index contributed by atoms with van der Waals surface area (Å²) in [6.07, 6.45) is 0.309. The molecule has 0 bridgehead atoms. The van der Waals surface area contributed by atoms with Gasteiger partial charge in [-0.3, -0.25) is 4.79 Å². The van der Waals surface area contributed by atoms with Gasteiger partial charge >= 0.3 is 0 Å². The van der Waals surface area contributed by atoms with Crippen LogP contribution in [0.1, 0.15) is 10.4 Å². The van der Waals surface area contributed by atoms with E-state index in [0.29, 0.717) is 24.5 Å². The van der Waals surface area contributed by atoms with Crippen LogP contribution in [0.3, 0.4) is 0 Å². The largest absolute Gasteiger partial charge is 0.493 e. The van der Waals surface area contributed by atoms with Gasteiger partial charge in [0.1, 0.15) is 0 Å². The van der Waals surface area contributed by atoms with Gasteiger partial charge < -0.3 is 14.8 Å². The first-order valence-corrected chi connectivity index (χ1v) is 8.00. The van der Waals surface area contributed by atoms with Crippen molar-refractivity contribution in [1.29, 1.82) is 0 Å². The van der Waals surface area contributed by atoms with Crippen LogP contribution in [0.15, 0.2) is 34.1 Å². The molecule has 6 heteroatoms. The number of nitrogens with one attached hydrogen (secondary N) is 1. The van der Waals surface area contributed by atoms with Crippen molar-refractivity contribution >= 4 is 33.2 Å². The second-order valence-corrected chi connectivity index (χ2v) is 6.19. The SMILES string of the molecule is COc1ccc(CC(=O)NCc2sccc2Br)cc1OC. The summed E-state index contributed by atoms with van der Waals surface area (Å²) in [6, 6.07) is 7.46. The maximum atomic E-state index is 12.0. The first kappa shape index (κ1) is 15.9. The van der Waals surface area contributed by atoms with E-state index >= 15 is 0 Å². The average Bonchev–Trinajstić information content (AvgIpc) is 2.90. The minimum atomic E-state index is -0.0254. The lowest BCUT2D eigenvalue weighted by atomic mass is 10.1. The lowest BCUT2D eigenvalue weighted by molar-refractivity contribution is -0.120. The number of amides is 1. The highest BCUT2D eigenvalue weighted by Crippen LogP contribution is 2.27. The van der Waals surface area contributed by atoms with E-state index in [1.807, 2.05) is 23.6 Å². The molecule has 0 aliphatic rings. The Bertz CT molecular complexity index is 627. The fourth-order valence-electron chi connectivity index (χ4n) is 1.87. The van der Waals surface area contributed by atoms with Gasteiger partial charge in [-0.25, -0.2) is 0 Å². The number of thiophene rings is 1.